The Balaban J connectivity index is 1.89. The van der Waals surface area contributed by atoms with E-state index >= 15 is 0 Å². The van der Waals surface area contributed by atoms with Crippen molar-refractivity contribution in [3.8, 4) is 0 Å². The summed E-state index contributed by atoms with van der Waals surface area (Å²) in [5, 5.41) is 0. The van der Waals surface area contributed by atoms with Crippen LogP contribution in [0.4, 0.5) is 0 Å². The molecule has 1 nitrogen and oxygen atoms in total. The first kappa shape index (κ1) is 14.3. The van der Waals surface area contributed by atoms with Crippen molar-refractivity contribution < 1.29 is 0 Å². The van der Waals surface area contributed by atoms with Crippen LogP contribution in [0.1, 0.15) is 29.9 Å². The fourth-order valence-corrected chi connectivity index (χ4v) is 3.63. The lowest BCUT2D eigenvalue weighted by atomic mass is 9.76. The van der Waals surface area contributed by atoms with Gasteiger partial charge in [-0.1, -0.05) is 72.9 Å². The van der Waals surface area contributed by atoms with Gasteiger partial charge in [0.1, 0.15) is 0 Å². The molecule has 0 unspecified atom stereocenters. The Labute approximate surface area is 132 Å². The van der Waals surface area contributed by atoms with E-state index in [0.717, 1.165) is 13.1 Å². The van der Waals surface area contributed by atoms with Crippen LogP contribution in [0, 0.1) is 5.92 Å². The Bertz CT molecular complexity index is 519. The maximum Gasteiger partial charge on any atom is 0.0640 e. The molecule has 0 radical (unpaired) electrons. The summed E-state index contributed by atoms with van der Waals surface area (Å²) in [6, 6.07) is 21.9. The van der Waals surface area contributed by atoms with Gasteiger partial charge in [-0.05, 0) is 29.9 Å². The highest BCUT2D eigenvalue weighted by Crippen LogP contribution is 2.37. The van der Waals surface area contributed by atoms with Gasteiger partial charge in [-0.3, -0.25) is 0 Å². The van der Waals surface area contributed by atoms with Gasteiger partial charge >= 0.3 is 0 Å². The molecule has 0 aliphatic carbocycles. The monoisotopic (exact) mass is 295 g/mol. The fraction of sp³-hybridized carbons (Fsp3) is 0.316. The molecular formula is C19H21NS. The van der Waals surface area contributed by atoms with E-state index < -0.39 is 0 Å². The van der Waals surface area contributed by atoms with Crippen LogP contribution < -0.4 is 0 Å². The highest BCUT2D eigenvalue weighted by atomic mass is 32.1. The minimum atomic E-state index is 0.500. The second kappa shape index (κ2) is 6.86. The van der Waals surface area contributed by atoms with Crippen molar-refractivity contribution in [2.75, 3.05) is 13.1 Å². The van der Waals surface area contributed by atoms with E-state index in [0.29, 0.717) is 11.8 Å². The molecule has 1 fully saturated rings. The zero-order valence-corrected chi connectivity index (χ0v) is 13.0. The number of benzene rings is 2. The van der Waals surface area contributed by atoms with Gasteiger partial charge in [0.05, 0.1) is 5.49 Å². The molecule has 3 rings (SSSR count). The number of rotatable bonds is 4. The lowest BCUT2D eigenvalue weighted by molar-refractivity contribution is 0.256. The zero-order chi connectivity index (χ0) is 14.5. The van der Waals surface area contributed by atoms with Crippen LogP contribution in [0.15, 0.2) is 60.7 Å². The quantitative estimate of drug-likeness (QED) is 0.765. The Morgan fingerprint density at radius 3 is 1.76 bits per heavy atom. The molecular weight excluding hydrogens is 274 g/mol. The largest absolute Gasteiger partial charge is 0.369 e. The SMILES string of the molecule is S=CN1CCC(C(c2ccccc2)c2ccccc2)CC1. The highest BCUT2D eigenvalue weighted by Gasteiger charge is 2.27. The van der Waals surface area contributed by atoms with Crippen molar-refractivity contribution in [1.29, 1.82) is 0 Å². The first-order chi connectivity index (χ1) is 10.4. The van der Waals surface area contributed by atoms with Crippen LogP contribution >= 0.6 is 12.2 Å². The lowest BCUT2D eigenvalue weighted by Crippen LogP contribution is -2.34. The first-order valence-corrected chi connectivity index (χ1v) is 8.15. The summed E-state index contributed by atoms with van der Waals surface area (Å²) in [5.74, 6) is 1.20. The van der Waals surface area contributed by atoms with E-state index in [1.807, 2.05) is 5.49 Å². The van der Waals surface area contributed by atoms with Crippen LogP contribution in [0.5, 0.6) is 0 Å². The second-order valence-corrected chi connectivity index (χ2v) is 5.99. The molecule has 0 spiro atoms. The minimum Gasteiger partial charge on any atom is -0.369 e. The molecule has 0 N–H and O–H groups in total. The number of likely N-dealkylation sites (tertiary alicyclic amines) is 1. The summed E-state index contributed by atoms with van der Waals surface area (Å²) in [6.07, 6.45) is 2.42. The first-order valence-electron chi connectivity index (χ1n) is 7.67. The smallest absolute Gasteiger partial charge is 0.0640 e. The zero-order valence-electron chi connectivity index (χ0n) is 12.2. The van der Waals surface area contributed by atoms with Gasteiger partial charge in [-0.15, -0.1) is 0 Å². The van der Waals surface area contributed by atoms with E-state index in [2.05, 4.69) is 65.6 Å². The number of nitrogens with zero attached hydrogens (tertiary/aromatic N) is 1. The van der Waals surface area contributed by atoms with Gasteiger partial charge in [-0.25, -0.2) is 0 Å². The van der Waals surface area contributed by atoms with Crippen molar-refractivity contribution in [2.24, 2.45) is 5.92 Å². The number of piperidine rings is 1. The fourth-order valence-electron chi connectivity index (χ4n) is 3.42. The molecule has 0 amide bonds. The third-order valence-electron chi connectivity index (χ3n) is 4.51. The number of hydrogen-bond donors (Lipinski definition) is 0. The summed E-state index contributed by atoms with van der Waals surface area (Å²) < 4.78 is 0. The molecule has 108 valence electrons. The topological polar surface area (TPSA) is 3.24 Å². The molecule has 0 bridgehead atoms. The van der Waals surface area contributed by atoms with Crippen LogP contribution in [0.3, 0.4) is 0 Å². The molecule has 0 atom stereocenters. The Kier molecular flexibility index (Phi) is 4.66. The average molecular weight is 295 g/mol. The maximum atomic E-state index is 5.06. The summed E-state index contributed by atoms with van der Waals surface area (Å²) in [5.41, 5.74) is 4.69. The van der Waals surface area contributed by atoms with Crippen LogP contribution in [0.25, 0.3) is 0 Å². The molecule has 2 heteroatoms. The van der Waals surface area contributed by atoms with Gasteiger partial charge in [0.2, 0.25) is 0 Å². The van der Waals surface area contributed by atoms with E-state index in [4.69, 9.17) is 12.2 Å². The molecule has 2 aromatic carbocycles. The molecule has 1 saturated heterocycles. The predicted octanol–water partition coefficient (Wildman–Crippen LogP) is 4.49. The number of thiocarbonyl (C=S) groups is 1. The summed E-state index contributed by atoms with van der Waals surface area (Å²) >= 11 is 5.06. The average Bonchev–Trinajstić information content (AvgIpc) is 2.58. The van der Waals surface area contributed by atoms with Gasteiger partial charge in [0.15, 0.2) is 0 Å². The van der Waals surface area contributed by atoms with Crippen LogP contribution in [-0.2, 0) is 0 Å². The van der Waals surface area contributed by atoms with Gasteiger partial charge in [0, 0.05) is 19.0 Å². The maximum absolute atomic E-state index is 5.06. The predicted molar refractivity (Wildman–Crippen MR) is 92.7 cm³/mol. The summed E-state index contributed by atoms with van der Waals surface area (Å²) in [6.45, 7) is 2.18. The Morgan fingerprint density at radius 1 is 0.857 bits per heavy atom. The van der Waals surface area contributed by atoms with Gasteiger partial charge < -0.3 is 4.90 Å². The molecule has 0 aromatic heterocycles. The summed E-state index contributed by atoms with van der Waals surface area (Å²) in [7, 11) is 0. The van der Waals surface area contributed by atoms with Gasteiger partial charge in [0.25, 0.3) is 0 Å². The van der Waals surface area contributed by atoms with Gasteiger partial charge in [-0.2, -0.15) is 0 Å². The highest BCUT2D eigenvalue weighted by molar-refractivity contribution is 7.78. The third-order valence-corrected chi connectivity index (χ3v) is 4.81. The number of hydrogen-bond acceptors (Lipinski definition) is 1. The molecule has 21 heavy (non-hydrogen) atoms. The minimum absolute atomic E-state index is 0.500. The standard InChI is InChI=1S/C19H21NS/c21-15-20-13-11-18(12-14-20)19(16-7-3-1-4-8-16)17-9-5-2-6-10-17/h1-10,15,18-19H,11-14H2. The molecule has 2 aromatic rings. The lowest BCUT2D eigenvalue weighted by Gasteiger charge is -2.35. The van der Waals surface area contributed by atoms with Crippen molar-refractivity contribution in [3.05, 3.63) is 71.8 Å². The molecule has 0 saturated carbocycles. The third kappa shape index (κ3) is 3.33. The molecule has 1 aliphatic rings. The van der Waals surface area contributed by atoms with Crippen LogP contribution in [0.2, 0.25) is 0 Å². The Hall–Kier alpha value is -1.67. The molecule has 1 aliphatic heterocycles. The Morgan fingerprint density at radius 2 is 1.33 bits per heavy atom. The second-order valence-electron chi connectivity index (χ2n) is 5.78. The van der Waals surface area contributed by atoms with Crippen molar-refractivity contribution in [2.45, 2.75) is 18.8 Å². The van der Waals surface area contributed by atoms with E-state index in [-0.39, 0.29) is 0 Å². The van der Waals surface area contributed by atoms with Crippen molar-refractivity contribution in [3.63, 3.8) is 0 Å². The summed E-state index contributed by atoms with van der Waals surface area (Å²) in [4.78, 5) is 2.26. The van der Waals surface area contributed by atoms with Crippen molar-refractivity contribution in [1.82, 2.24) is 4.90 Å². The van der Waals surface area contributed by atoms with E-state index in [9.17, 15) is 0 Å². The normalized spacial score (nSPS) is 16.1. The van der Waals surface area contributed by atoms with E-state index in [1.165, 1.54) is 24.0 Å². The molecule has 1 heterocycles. The van der Waals surface area contributed by atoms with Crippen LogP contribution in [-0.4, -0.2) is 23.5 Å². The van der Waals surface area contributed by atoms with Crippen molar-refractivity contribution >= 4 is 17.7 Å². The van der Waals surface area contributed by atoms with E-state index in [1.54, 1.807) is 0 Å².